The van der Waals surface area contributed by atoms with Crippen molar-refractivity contribution < 1.29 is 4.79 Å². The van der Waals surface area contributed by atoms with Crippen LogP contribution in [0.15, 0.2) is 18.3 Å². The van der Waals surface area contributed by atoms with E-state index in [0.717, 1.165) is 13.0 Å². The molecule has 1 rings (SSSR count). The van der Waals surface area contributed by atoms with Gasteiger partial charge in [0.2, 0.25) is 0 Å². The molecule has 0 aliphatic rings. The Bertz CT molecular complexity index is 409. The topological polar surface area (TPSA) is 80.0 Å². The minimum absolute atomic E-state index is 0.0724. The van der Waals surface area contributed by atoms with Gasteiger partial charge in [-0.15, -0.1) is 0 Å². The van der Waals surface area contributed by atoms with E-state index >= 15 is 0 Å². The average Bonchev–Trinajstić information content (AvgIpc) is 2.53. The number of carbonyl (C=O) groups excluding carboxylic acids is 1. The fourth-order valence-electron chi connectivity index (χ4n) is 2.21. The van der Waals surface area contributed by atoms with Crippen LogP contribution < -0.4 is 16.6 Å². The lowest BCUT2D eigenvalue weighted by Gasteiger charge is -2.06. The second kappa shape index (κ2) is 11.1. The number of hydrogen-bond donors (Lipinski definition) is 3. The maximum Gasteiger partial charge on any atom is 0.251 e. The van der Waals surface area contributed by atoms with Gasteiger partial charge < -0.3 is 10.7 Å². The van der Waals surface area contributed by atoms with Gasteiger partial charge in [0.25, 0.3) is 5.91 Å². The molecule has 0 aromatic carbocycles. The van der Waals surface area contributed by atoms with Gasteiger partial charge in [-0.3, -0.25) is 4.79 Å². The highest BCUT2D eigenvalue weighted by Crippen LogP contribution is 2.08. The summed E-state index contributed by atoms with van der Waals surface area (Å²) in [6, 6.07) is 3.33. The second-order valence-corrected chi connectivity index (χ2v) is 5.30. The van der Waals surface area contributed by atoms with Crippen molar-refractivity contribution in [3.8, 4) is 0 Å². The predicted molar refractivity (Wildman–Crippen MR) is 87.0 cm³/mol. The molecule has 0 atom stereocenters. The van der Waals surface area contributed by atoms with E-state index < -0.39 is 0 Å². The Hall–Kier alpha value is -1.62. The van der Waals surface area contributed by atoms with E-state index in [1.807, 2.05) is 0 Å². The molecule has 5 nitrogen and oxygen atoms in total. The zero-order valence-corrected chi connectivity index (χ0v) is 13.0. The molecule has 0 saturated heterocycles. The Balaban J connectivity index is 2.08. The number of hydrazine groups is 1. The number of aromatic nitrogens is 1. The molecule has 0 spiro atoms. The van der Waals surface area contributed by atoms with Crippen LogP contribution in [0.3, 0.4) is 0 Å². The molecule has 0 bridgehead atoms. The minimum Gasteiger partial charge on any atom is -0.352 e. The van der Waals surface area contributed by atoms with Crippen molar-refractivity contribution in [2.75, 3.05) is 12.0 Å². The van der Waals surface area contributed by atoms with E-state index in [-0.39, 0.29) is 5.91 Å². The van der Waals surface area contributed by atoms with Crippen LogP contribution in [0.2, 0.25) is 0 Å². The summed E-state index contributed by atoms with van der Waals surface area (Å²) >= 11 is 0. The van der Waals surface area contributed by atoms with Crippen LogP contribution >= 0.6 is 0 Å². The van der Waals surface area contributed by atoms with Crippen LogP contribution in [-0.2, 0) is 0 Å². The lowest BCUT2D eigenvalue weighted by molar-refractivity contribution is 0.0953. The molecular formula is C16H28N4O. The van der Waals surface area contributed by atoms with Crippen molar-refractivity contribution in [3.63, 3.8) is 0 Å². The third-order valence-corrected chi connectivity index (χ3v) is 3.49. The number of nitrogen functional groups attached to an aromatic ring is 1. The van der Waals surface area contributed by atoms with Crippen LogP contribution in [0.25, 0.3) is 0 Å². The van der Waals surface area contributed by atoms with Gasteiger partial charge in [0.05, 0.1) is 0 Å². The number of nitrogens with zero attached hydrogens (tertiary/aromatic N) is 1. The molecule has 0 fully saturated rings. The molecule has 1 heterocycles. The van der Waals surface area contributed by atoms with Crippen LogP contribution in [0.1, 0.15) is 68.6 Å². The highest BCUT2D eigenvalue weighted by Gasteiger charge is 2.05. The molecule has 1 aromatic rings. The van der Waals surface area contributed by atoms with Crippen LogP contribution in [0.4, 0.5) is 5.82 Å². The third kappa shape index (κ3) is 7.66. The highest BCUT2D eigenvalue weighted by molar-refractivity contribution is 5.94. The second-order valence-electron chi connectivity index (χ2n) is 5.30. The first kappa shape index (κ1) is 17.4. The number of amides is 1. The Kier molecular flexibility index (Phi) is 9.20. The highest BCUT2D eigenvalue weighted by atomic mass is 16.1. The van der Waals surface area contributed by atoms with Gasteiger partial charge in [0, 0.05) is 18.3 Å². The standard InChI is InChI=1S/C16H28N4O/c1-2-3-4-5-6-7-8-9-11-19-16(21)14-10-12-18-15(13-14)20-17/h10,12-13H,2-9,11,17H2,1H3,(H,18,20)(H,19,21). The first-order valence-corrected chi connectivity index (χ1v) is 7.98. The van der Waals surface area contributed by atoms with Crippen molar-refractivity contribution in [1.82, 2.24) is 10.3 Å². The van der Waals surface area contributed by atoms with Crippen molar-refractivity contribution in [3.05, 3.63) is 23.9 Å². The molecule has 1 aromatic heterocycles. The largest absolute Gasteiger partial charge is 0.352 e. The summed E-state index contributed by atoms with van der Waals surface area (Å²) in [5.41, 5.74) is 3.02. The van der Waals surface area contributed by atoms with E-state index in [9.17, 15) is 4.79 Å². The monoisotopic (exact) mass is 292 g/mol. The molecule has 0 unspecified atom stereocenters. The summed E-state index contributed by atoms with van der Waals surface area (Å²) in [4.78, 5) is 15.9. The smallest absolute Gasteiger partial charge is 0.251 e. The molecule has 0 radical (unpaired) electrons. The van der Waals surface area contributed by atoms with Crippen molar-refractivity contribution >= 4 is 11.7 Å². The SMILES string of the molecule is CCCCCCCCCCNC(=O)c1ccnc(NN)c1. The summed E-state index contributed by atoms with van der Waals surface area (Å²) in [7, 11) is 0. The zero-order chi connectivity index (χ0) is 15.3. The Morgan fingerprint density at radius 2 is 1.81 bits per heavy atom. The minimum atomic E-state index is -0.0724. The Morgan fingerprint density at radius 3 is 2.48 bits per heavy atom. The molecule has 1 amide bonds. The molecule has 118 valence electrons. The number of hydrogen-bond acceptors (Lipinski definition) is 4. The Labute approximate surface area is 127 Å². The van der Waals surface area contributed by atoms with Crippen LogP contribution in [0.5, 0.6) is 0 Å². The predicted octanol–water partition coefficient (Wildman–Crippen LogP) is 3.24. The lowest BCUT2D eigenvalue weighted by Crippen LogP contribution is -2.24. The number of nitrogens with one attached hydrogen (secondary N) is 2. The molecule has 0 aliphatic heterocycles. The van der Waals surface area contributed by atoms with E-state index in [4.69, 9.17) is 5.84 Å². The number of anilines is 1. The van der Waals surface area contributed by atoms with Crippen molar-refractivity contribution in [2.45, 2.75) is 58.3 Å². The summed E-state index contributed by atoms with van der Waals surface area (Å²) in [6.07, 6.45) is 11.7. The fourth-order valence-corrected chi connectivity index (χ4v) is 2.21. The summed E-state index contributed by atoms with van der Waals surface area (Å²) in [6.45, 7) is 2.96. The molecule has 4 N–H and O–H groups in total. The summed E-state index contributed by atoms with van der Waals surface area (Å²) in [5, 5.41) is 2.93. The van der Waals surface area contributed by atoms with Crippen LogP contribution in [-0.4, -0.2) is 17.4 Å². The third-order valence-electron chi connectivity index (χ3n) is 3.49. The van der Waals surface area contributed by atoms with Gasteiger partial charge in [0.1, 0.15) is 5.82 Å². The lowest BCUT2D eigenvalue weighted by atomic mass is 10.1. The van der Waals surface area contributed by atoms with Crippen molar-refractivity contribution in [1.29, 1.82) is 0 Å². The van der Waals surface area contributed by atoms with Gasteiger partial charge in [-0.2, -0.15) is 0 Å². The molecule has 0 aliphatic carbocycles. The average molecular weight is 292 g/mol. The van der Waals surface area contributed by atoms with Gasteiger partial charge in [-0.1, -0.05) is 51.9 Å². The summed E-state index contributed by atoms with van der Waals surface area (Å²) in [5.74, 6) is 5.70. The number of unbranched alkanes of at least 4 members (excludes halogenated alkanes) is 7. The number of rotatable bonds is 11. The molecular weight excluding hydrogens is 264 g/mol. The maximum absolute atomic E-state index is 11.9. The molecule has 21 heavy (non-hydrogen) atoms. The van der Waals surface area contributed by atoms with E-state index in [1.165, 1.54) is 44.9 Å². The van der Waals surface area contributed by atoms with Gasteiger partial charge in [-0.05, 0) is 18.6 Å². The zero-order valence-electron chi connectivity index (χ0n) is 13.0. The number of pyridine rings is 1. The summed E-state index contributed by atoms with van der Waals surface area (Å²) < 4.78 is 0. The molecule has 5 heteroatoms. The van der Waals surface area contributed by atoms with E-state index in [1.54, 1.807) is 18.3 Å². The number of carbonyl (C=O) groups is 1. The van der Waals surface area contributed by atoms with Gasteiger partial charge >= 0.3 is 0 Å². The Morgan fingerprint density at radius 1 is 1.14 bits per heavy atom. The maximum atomic E-state index is 11.9. The first-order chi connectivity index (χ1) is 10.3. The fraction of sp³-hybridized carbons (Fsp3) is 0.625. The van der Waals surface area contributed by atoms with E-state index in [2.05, 4.69) is 22.7 Å². The first-order valence-electron chi connectivity index (χ1n) is 7.98. The van der Waals surface area contributed by atoms with Crippen molar-refractivity contribution in [2.24, 2.45) is 5.84 Å². The quantitative estimate of drug-likeness (QED) is 0.332. The van der Waals surface area contributed by atoms with Gasteiger partial charge in [0.15, 0.2) is 0 Å². The molecule has 0 saturated carbocycles. The van der Waals surface area contributed by atoms with Crippen LogP contribution in [0, 0.1) is 0 Å². The normalized spacial score (nSPS) is 10.4. The van der Waals surface area contributed by atoms with E-state index in [0.29, 0.717) is 11.4 Å². The number of nitrogens with two attached hydrogens (primary N) is 1. The van der Waals surface area contributed by atoms with Gasteiger partial charge in [-0.25, -0.2) is 10.8 Å².